The van der Waals surface area contributed by atoms with Crippen LogP contribution in [0.15, 0.2) is 185 Å². The number of hydrogen-bond donors (Lipinski definition) is 6. The first-order valence-electron chi connectivity index (χ1n) is 37.7. The maximum absolute atomic E-state index is 6.02. The highest BCUT2D eigenvalue weighted by Crippen LogP contribution is 2.42. The van der Waals surface area contributed by atoms with Crippen LogP contribution in [0.5, 0.6) is 5.88 Å². The van der Waals surface area contributed by atoms with Gasteiger partial charge in [-0.1, -0.05) is 159 Å². The maximum atomic E-state index is 6.02. The van der Waals surface area contributed by atoms with Gasteiger partial charge < -0.3 is 39.1 Å². The van der Waals surface area contributed by atoms with Crippen molar-refractivity contribution in [1.29, 1.82) is 0 Å². The average Bonchev–Trinajstić information content (AvgIpc) is 0.909. The summed E-state index contributed by atoms with van der Waals surface area (Å²) in [6.07, 6.45) is 27.3. The lowest BCUT2D eigenvalue weighted by atomic mass is 9.94. The minimum absolute atomic E-state index is 0.339. The molecule has 0 aliphatic carbocycles. The molecule has 0 aromatic carbocycles. The lowest BCUT2D eigenvalue weighted by Crippen LogP contribution is -2.06. The standard InChI is InChI=1S/C15H18N8.C15H16N4S.C14H18N4OS.C13H15BrN4S.C13H15ClN4S.C13H15IN4S/c1-8(2)12-7-18-13(15-20-22-23-21-15)5-10(12)4-11-6-17-9(3)19-14(11)16;1-5-11-6-13(12(7-18-11)9(2)3)20-14-8-17-10(4)19-15(14)16;1-8(2)10-6-17-13(19-4)5-11(10)20-12-7-16-9(3)18-14(12)15;3*1-7(2)9-5-17-12(14)4-10(9)19-11-6-16-8(3)18-13(11)15/h5-8,15H,4H2,1-3H3,(H2,16,17,19);1,6-9H,2-4H3,(H2,16,17,19);5-8H,1-4H3,(H2,15,16,18);3*4-7H,1-3H3,(H2,15,16,18). The quantitative estimate of drug-likeness (QED) is 0.0234. The zero-order valence-corrected chi connectivity index (χ0v) is 78.7. The molecule has 626 valence electrons. The Morgan fingerprint density at radius 1 is 0.383 bits per heavy atom. The first-order valence-corrected chi connectivity index (χ1v) is 44.0. The molecule has 0 unspecified atom stereocenters. The monoisotopic (exact) mass is 1900 g/mol. The van der Waals surface area contributed by atoms with Crippen LogP contribution >= 0.6 is 109 Å². The van der Waals surface area contributed by atoms with Crippen LogP contribution in [-0.2, 0) is 6.42 Å². The molecule has 29 nitrogen and oxygen atoms in total. The molecular formula is C83H97BrClIN28OS5. The van der Waals surface area contributed by atoms with Crippen LogP contribution in [0.3, 0.4) is 0 Å². The predicted molar refractivity (Wildman–Crippen MR) is 493 cm³/mol. The van der Waals surface area contributed by atoms with Gasteiger partial charge in [-0.05, 0) is 195 Å². The zero-order chi connectivity index (χ0) is 87.8. The van der Waals surface area contributed by atoms with E-state index in [0.29, 0.717) is 129 Å². The van der Waals surface area contributed by atoms with E-state index < -0.39 is 6.17 Å². The number of nitrogens with two attached hydrogens (primary N) is 6. The highest BCUT2D eigenvalue weighted by molar-refractivity contribution is 14.1. The van der Waals surface area contributed by atoms with Crippen LogP contribution in [0, 0.1) is 57.6 Å². The van der Waals surface area contributed by atoms with Gasteiger partial charge in [0.2, 0.25) is 12.0 Å². The number of anilines is 6. The van der Waals surface area contributed by atoms with Gasteiger partial charge in [0.1, 0.15) is 89.0 Å². The molecule has 0 amide bonds. The highest BCUT2D eigenvalue weighted by Gasteiger charge is 2.22. The summed E-state index contributed by atoms with van der Waals surface area (Å²) < 4.78 is 6.97. The lowest BCUT2D eigenvalue weighted by molar-refractivity contribution is 0.396. The van der Waals surface area contributed by atoms with E-state index in [0.717, 1.165) is 96.3 Å². The topological polar surface area (TPSA) is 447 Å². The number of hydrogen-bond acceptors (Lipinski definition) is 34. The summed E-state index contributed by atoms with van der Waals surface area (Å²) in [5.74, 6) is 12.4. The molecule has 0 spiro atoms. The summed E-state index contributed by atoms with van der Waals surface area (Å²) in [6, 6.07) is 11.7. The number of terminal acetylenes is 1. The zero-order valence-electron chi connectivity index (χ0n) is 70.1. The first kappa shape index (κ1) is 95.5. The van der Waals surface area contributed by atoms with Crippen molar-refractivity contribution in [3.05, 3.63) is 215 Å². The van der Waals surface area contributed by atoms with Crippen molar-refractivity contribution in [3.8, 4) is 18.2 Å². The Hall–Kier alpha value is -10.0. The molecule has 12 N–H and O–H groups in total. The minimum Gasteiger partial charge on any atom is -0.481 e. The van der Waals surface area contributed by atoms with Gasteiger partial charge >= 0.3 is 0 Å². The van der Waals surface area contributed by atoms with E-state index in [1.54, 1.807) is 74.0 Å². The van der Waals surface area contributed by atoms with E-state index in [2.05, 4.69) is 244 Å². The third kappa shape index (κ3) is 28.3. The number of halogens is 3. The van der Waals surface area contributed by atoms with E-state index in [4.69, 9.17) is 57.2 Å². The Bertz CT molecular complexity index is 5380. The molecule has 12 aromatic rings. The van der Waals surface area contributed by atoms with Gasteiger partial charge in [0, 0.05) is 117 Å². The molecule has 0 bridgehead atoms. The molecule has 37 heteroatoms. The van der Waals surface area contributed by atoms with Gasteiger partial charge in [0.15, 0.2) is 0 Å². The number of methoxy groups -OCH3 is 1. The first-order chi connectivity index (χ1) is 57.0. The van der Waals surface area contributed by atoms with E-state index in [-0.39, 0.29) is 0 Å². The Kier molecular flexibility index (Phi) is 36.3. The molecule has 13 heterocycles. The maximum Gasteiger partial charge on any atom is 0.227 e. The smallest absolute Gasteiger partial charge is 0.227 e. The van der Waals surface area contributed by atoms with Gasteiger partial charge in [-0.2, -0.15) is 0 Å². The van der Waals surface area contributed by atoms with Crippen LogP contribution < -0.4 is 39.1 Å². The van der Waals surface area contributed by atoms with Crippen molar-refractivity contribution >= 4 is 144 Å². The van der Waals surface area contributed by atoms with Gasteiger partial charge in [0.25, 0.3) is 0 Å². The van der Waals surface area contributed by atoms with Gasteiger partial charge in [-0.15, -0.1) is 16.7 Å². The number of aromatic nitrogens is 18. The van der Waals surface area contributed by atoms with Crippen molar-refractivity contribution in [3.63, 3.8) is 0 Å². The van der Waals surface area contributed by atoms with E-state index in [1.165, 1.54) is 46.4 Å². The molecule has 13 rings (SSSR count). The molecule has 12 aromatic heterocycles. The largest absolute Gasteiger partial charge is 0.481 e. The third-order valence-corrected chi connectivity index (χ3v) is 23.9. The molecule has 120 heavy (non-hydrogen) atoms. The summed E-state index contributed by atoms with van der Waals surface area (Å²) in [5, 5.41) is 15.4. The molecule has 1 aliphatic rings. The summed E-state index contributed by atoms with van der Waals surface area (Å²) in [5.41, 5.74) is 46.0. The molecule has 0 saturated carbocycles. The van der Waals surface area contributed by atoms with E-state index in [1.807, 2.05) is 103 Å². The van der Waals surface area contributed by atoms with Gasteiger partial charge in [-0.25, -0.2) is 84.7 Å². The van der Waals surface area contributed by atoms with Crippen LogP contribution in [-0.4, -0.2) is 96.8 Å². The SMILES string of the molecule is C#Cc1cc(Sc2cnc(C)nc2N)c(C(C)C)cn1.COc1cc(Sc2cnc(C)nc2N)c(C(C)C)cn1.Cc1ncc(Cc2cc(C3N=NN=N3)ncc2C(C)C)c(N)n1.Cc1ncc(Sc2cc(Br)ncc2C(C)C)c(N)n1.Cc1ncc(Sc2cc(Cl)ncc2C(C)C)c(N)n1.Cc1ncc(Sc2cc(I)ncc2C(C)C)c(N)n1. The third-order valence-electron chi connectivity index (χ3n) is 17.1. The molecular weight excluding hydrogens is 1810 g/mol. The molecule has 0 atom stereocenters. The lowest BCUT2D eigenvalue weighted by Gasteiger charge is -2.15. The highest BCUT2D eigenvalue weighted by atomic mass is 127. The van der Waals surface area contributed by atoms with E-state index in [9.17, 15) is 0 Å². The number of nitrogens with zero attached hydrogens (tertiary/aromatic N) is 22. The van der Waals surface area contributed by atoms with Crippen molar-refractivity contribution in [2.75, 3.05) is 41.5 Å². The van der Waals surface area contributed by atoms with Crippen molar-refractivity contribution in [2.24, 2.45) is 20.7 Å². The second kappa shape index (κ2) is 45.6. The van der Waals surface area contributed by atoms with Crippen LogP contribution in [0.2, 0.25) is 5.15 Å². The Morgan fingerprint density at radius 2 is 0.717 bits per heavy atom. The fourth-order valence-corrected chi connectivity index (χ4v) is 17.5. The normalized spacial score (nSPS) is 11.5. The summed E-state index contributed by atoms with van der Waals surface area (Å²) in [6.45, 7) is 36.5. The Balaban J connectivity index is 0.000000179. The van der Waals surface area contributed by atoms with Crippen LogP contribution in [0.1, 0.15) is 216 Å². The Morgan fingerprint density at radius 3 is 1.10 bits per heavy atom. The molecule has 0 fully saturated rings. The predicted octanol–water partition coefficient (Wildman–Crippen LogP) is 20.5. The number of pyridine rings is 6. The minimum atomic E-state index is -0.457. The second-order valence-electron chi connectivity index (χ2n) is 28.5. The summed E-state index contributed by atoms with van der Waals surface area (Å²) in [4.78, 5) is 85.7. The van der Waals surface area contributed by atoms with E-state index >= 15 is 0 Å². The van der Waals surface area contributed by atoms with Crippen molar-refractivity contribution < 1.29 is 4.74 Å². The van der Waals surface area contributed by atoms with Crippen molar-refractivity contribution in [1.82, 2.24) is 89.7 Å². The fraction of sp³-hybridized carbons (Fsp3) is 0.325. The van der Waals surface area contributed by atoms with Gasteiger partial charge in [0.05, 0.1) is 37.3 Å². The van der Waals surface area contributed by atoms with Crippen LogP contribution in [0.25, 0.3) is 0 Å². The number of rotatable bonds is 20. The molecule has 1 aliphatic heterocycles. The summed E-state index contributed by atoms with van der Waals surface area (Å²) in [7, 11) is 1.61. The van der Waals surface area contributed by atoms with Crippen LogP contribution in [0.4, 0.5) is 34.9 Å². The summed E-state index contributed by atoms with van der Waals surface area (Å²) >= 11 is 19.3. The fourth-order valence-electron chi connectivity index (χ4n) is 10.8. The molecule has 0 saturated heterocycles. The number of aryl methyl sites for hydroxylation is 6. The number of nitrogen functional groups attached to an aromatic ring is 6. The van der Waals surface area contributed by atoms with Gasteiger partial charge in [-0.3, -0.25) is 4.98 Å². The average molecular weight is 1910 g/mol. The number of ether oxygens (including phenoxy) is 1. The Labute approximate surface area is 749 Å². The second-order valence-corrected chi connectivity index (χ2v) is 36.2. The molecule has 0 radical (unpaired) electrons. The van der Waals surface area contributed by atoms with Crippen molar-refractivity contribution in [2.45, 2.75) is 222 Å².